The molecule has 1 fully saturated rings. The number of amides is 1. The van der Waals surface area contributed by atoms with Crippen LogP contribution >= 0.6 is 11.8 Å². The van der Waals surface area contributed by atoms with Crippen molar-refractivity contribution in [3.05, 3.63) is 30.1 Å². The first-order valence-corrected chi connectivity index (χ1v) is 7.18. The number of rotatable bonds is 3. The van der Waals surface area contributed by atoms with Gasteiger partial charge >= 0.3 is 6.18 Å². The van der Waals surface area contributed by atoms with Crippen LogP contribution in [0.2, 0.25) is 0 Å². The lowest BCUT2D eigenvalue weighted by Gasteiger charge is -2.21. The first kappa shape index (κ1) is 16.6. The zero-order valence-corrected chi connectivity index (χ0v) is 13.0. The number of aromatic nitrogens is 2. The Morgan fingerprint density at radius 2 is 2.23 bits per heavy atom. The molecule has 2 rings (SSSR count). The largest absolute Gasteiger partial charge is 0.412 e. The Hall–Kier alpha value is -1.77. The quantitative estimate of drug-likeness (QED) is 0.865. The van der Waals surface area contributed by atoms with Crippen molar-refractivity contribution in [3.63, 3.8) is 0 Å². The summed E-state index contributed by atoms with van der Waals surface area (Å²) in [6.45, 7) is 6.28. The Labute approximate surface area is 129 Å². The Morgan fingerprint density at radius 3 is 2.64 bits per heavy atom. The molecular formula is C13H15F3N4OS. The monoisotopic (exact) mass is 332 g/mol. The van der Waals surface area contributed by atoms with E-state index in [0.29, 0.717) is 17.5 Å². The maximum absolute atomic E-state index is 13.0. The summed E-state index contributed by atoms with van der Waals surface area (Å²) >= 11 is 0.366. The lowest BCUT2D eigenvalue weighted by molar-refractivity contribution is -0.166. The minimum absolute atomic E-state index is 0.0754. The SMILES string of the molecule is C=C[C@H](N=C1NC(=O)C(C)(C(F)(F)F)S1)c1cc(C)nn1C. The molecule has 2 heterocycles. The molecule has 1 aromatic heterocycles. The van der Waals surface area contributed by atoms with Crippen LogP contribution in [0, 0.1) is 6.92 Å². The number of aryl methyl sites for hydroxylation is 2. The van der Waals surface area contributed by atoms with E-state index in [-0.39, 0.29) is 5.17 Å². The summed E-state index contributed by atoms with van der Waals surface area (Å²) in [5.74, 6) is -1.12. The molecule has 1 unspecified atom stereocenters. The van der Waals surface area contributed by atoms with Crippen LogP contribution in [0.15, 0.2) is 23.7 Å². The summed E-state index contributed by atoms with van der Waals surface area (Å²) < 4.78 is 38.1. The van der Waals surface area contributed by atoms with Crippen molar-refractivity contribution in [1.29, 1.82) is 0 Å². The number of alkyl halides is 3. The molecule has 0 bridgehead atoms. The van der Waals surface area contributed by atoms with Crippen LogP contribution in [0.4, 0.5) is 13.2 Å². The molecule has 0 radical (unpaired) electrons. The molecule has 1 aromatic rings. The van der Waals surface area contributed by atoms with Crippen molar-refractivity contribution in [2.45, 2.75) is 30.8 Å². The third-order valence-electron chi connectivity index (χ3n) is 3.32. The fraction of sp³-hybridized carbons (Fsp3) is 0.462. The molecule has 120 valence electrons. The lowest BCUT2D eigenvalue weighted by atomic mass is 10.1. The molecule has 1 amide bonds. The second-order valence-corrected chi connectivity index (χ2v) is 6.44. The van der Waals surface area contributed by atoms with E-state index in [1.54, 1.807) is 24.7 Å². The van der Waals surface area contributed by atoms with Crippen molar-refractivity contribution >= 4 is 22.8 Å². The van der Waals surface area contributed by atoms with Gasteiger partial charge in [-0.15, -0.1) is 6.58 Å². The van der Waals surface area contributed by atoms with Crippen LogP contribution in [0.1, 0.15) is 24.4 Å². The van der Waals surface area contributed by atoms with Gasteiger partial charge in [0.05, 0.1) is 11.4 Å². The fourth-order valence-electron chi connectivity index (χ4n) is 2.00. The average molecular weight is 332 g/mol. The molecule has 1 aliphatic rings. The first-order valence-electron chi connectivity index (χ1n) is 6.36. The molecular weight excluding hydrogens is 317 g/mol. The smallest absolute Gasteiger partial charge is 0.304 e. The van der Waals surface area contributed by atoms with Gasteiger partial charge in [-0.05, 0) is 19.9 Å². The fourth-order valence-corrected chi connectivity index (χ4v) is 2.96. The van der Waals surface area contributed by atoms with E-state index < -0.39 is 22.9 Å². The van der Waals surface area contributed by atoms with E-state index in [1.165, 1.54) is 6.08 Å². The normalized spacial score (nSPS) is 25.4. The second-order valence-electron chi connectivity index (χ2n) is 5.04. The zero-order chi connectivity index (χ0) is 16.7. The molecule has 9 heteroatoms. The summed E-state index contributed by atoms with van der Waals surface area (Å²) in [7, 11) is 1.71. The van der Waals surface area contributed by atoms with Gasteiger partial charge < -0.3 is 5.32 Å². The average Bonchev–Trinajstić information content (AvgIpc) is 2.87. The van der Waals surface area contributed by atoms with Crippen molar-refractivity contribution in [2.75, 3.05) is 0 Å². The van der Waals surface area contributed by atoms with Gasteiger partial charge in [-0.2, -0.15) is 18.3 Å². The summed E-state index contributed by atoms with van der Waals surface area (Å²) in [6.07, 6.45) is -3.18. The Bertz CT molecular complexity index is 652. The highest BCUT2D eigenvalue weighted by Crippen LogP contribution is 2.45. The number of amidine groups is 1. The number of aliphatic imine (C=N–C) groups is 1. The van der Waals surface area contributed by atoms with E-state index in [1.807, 2.05) is 0 Å². The van der Waals surface area contributed by atoms with Gasteiger partial charge in [0.25, 0.3) is 5.91 Å². The van der Waals surface area contributed by atoms with Crippen molar-refractivity contribution < 1.29 is 18.0 Å². The lowest BCUT2D eigenvalue weighted by Crippen LogP contribution is -2.46. The molecule has 0 saturated carbocycles. The van der Waals surface area contributed by atoms with Crippen LogP contribution in [-0.4, -0.2) is 31.8 Å². The zero-order valence-electron chi connectivity index (χ0n) is 12.2. The first-order chi connectivity index (χ1) is 10.1. The minimum atomic E-state index is -4.66. The number of nitrogens with one attached hydrogen (secondary N) is 1. The van der Waals surface area contributed by atoms with Gasteiger partial charge in [-0.1, -0.05) is 17.8 Å². The number of hydrogen-bond donors (Lipinski definition) is 1. The van der Waals surface area contributed by atoms with Crippen molar-refractivity contribution in [2.24, 2.45) is 12.0 Å². The summed E-state index contributed by atoms with van der Waals surface area (Å²) in [5.41, 5.74) is 1.43. The number of nitrogens with zero attached hydrogens (tertiary/aromatic N) is 3. The van der Waals surface area contributed by atoms with Gasteiger partial charge in [0.15, 0.2) is 9.91 Å². The topological polar surface area (TPSA) is 59.3 Å². The molecule has 0 aliphatic carbocycles. The van der Waals surface area contributed by atoms with Gasteiger partial charge in [0.2, 0.25) is 0 Å². The second kappa shape index (κ2) is 5.45. The Morgan fingerprint density at radius 1 is 1.59 bits per heavy atom. The molecule has 1 saturated heterocycles. The maximum Gasteiger partial charge on any atom is 0.412 e. The predicted molar refractivity (Wildman–Crippen MR) is 78.5 cm³/mol. The summed E-state index contributed by atoms with van der Waals surface area (Å²) in [4.78, 5) is 15.8. The summed E-state index contributed by atoms with van der Waals surface area (Å²) in [6, 6.07) is 1.17. The predicted octanol–water partition coefficient (Wildman–Crippen LogP) is 2.50. The molecule has 0 spiro atoms. The van der Waals surface area contributed by atoms with Gasteiger partial charge in [0.1, 0.15) is 6.04 Å². The van der Waals surface area contributed by atoms with E-state index in [0.717, 1.165) is 12.6 Å². The highest BCUT2D eigenvalue weighted by Gasteiger charge is 2.61. The minimum Gasteiger partial charge on any atom is -0.304 e. The highest BCUT2D eigenvalue weighted by molar-refractivity contribution is 8.16. The number of carbonyl (C=O) groups excluding carboxylic acids is 1. The molecule has 2 atom stereocenters. The Balaban J connectivity index is 2.32. The molecule has 0 aromatic carbocycles. The van der Waals surface area contributed by atoms with Crippen LogP contribution in [0.5, 0.6) is 0 Å². The van der Waals surface area contributed by atoms with Crippen LogP contribution in [0.25, 0.3) is 0 Å². The van der Waals surface area contributed by atoms with E-state index in [9.17, 15) is 18.0 Å². The van der Waals surface area contributed by atoms with Gasteiger partial charge in [0, 0.05) is 7.05 Å². The molecule has 1 aliphatic heterocycles. The van der Waals surface area contributed by atoms with Gasteiger partial charge in [-0.3, -0.25) is 9.48 Å². The summed E-state index contributed by atoms with van der Waals surface area (Å²) in [5, 5.41) is 6.28. The molecule has 1 N–H and O–H groups in total. The van der Waals surface area contributed by atoms with Crippen molar-refractivity contribution in [3.8, 4) is 0 Å². The highest BCUT2D eigenvalue weighted by atomic mass is 32.2. The number of carbonyl (C=O) groups is 1. The number of halogens is 3. The van der Waals surface area contributed by atoms with Crippen LogP contribution in [0.3, 0.4) is 0 Å². The number of hydrogen-bond acceptors (Lipinski definition) is 4. The van der Waals surface area contributed by atoms with Crippen LogP contribution < -0.4 is 5.32 Å². The van der Waals surface area contributed by atoms with E-state index in [2.05, 4.69) is 22.0 Å². The maximum atomic E-state index is 13.0. The van der Waals surface area contributed by atoms with Crippen molar-refractivity contribution in [1.82, 2.24) is 15.1 Å². The molecule has 22 heavy (non-hydrogen) atoms. The third-order valence-corrected chi connectivity index (χ3v) is 4.54. The van der Waals surface area contributed by atoms with Crippen LogP contribution in [-0.2, 0) is 11.8 Å². The van der Waals surface area contributed by atoms with E-state index in [4.69, 9.17) is 0 Å². The molecule has 5 nitrogen and oxygen atoms in total. The standard InChI is InChI=1S/C13H15F3N4OS/c1-5-8(9-6-7(2)19-20(9)4)17-11-18-10(21)12(3,22-11)13(14,15)16/h5-6,8H,1H2,2-4H3,(H,17,18,21)/t8-,12?/m0/s1. The van der Waals surface area contributed by atoms with Gasteiger partial charge in [-0.25, -0.2) is 4.99 Å². The van der Waals surface area contributed by atoms with E-state index >= 15 is 0 Å². The number of thioether (sulfide) groups is 1. The third kappa shape index (κ3) is 2.77. The Kier molecular flexibility index (Phi) is 4.12.